The molecule has 1 saturated heterocycles. The molecule has 1 aliphatic heterocycles. The van der Waals surface area contributed by atoms with Gasteiger partial charge in [0.15, 0.2) is 5.69 Å². The standard InChI is InChI=1S/C13H14N2O4/c1-13(2)6-10(16)15(11(17)7-13)9-5-3-4-8(14-9)12(18)19/h3-5H,6-7H2,1-2H3,(H,18,19). The van der Waals surface area contributed by atoms with Gasteiger partial charge >= 0.3 is 5.97 Å². The minimum Gasteiger partial charge on any atom is -0.477 e. The quantitative estimate of drug-likeness (QED) is 0.815. The Balaban J connectivity index is 2.36. The van der Waals surface area contributed by atoms with Gasteiger partial charge in [0.1, 0.15) is 5.82 Å². The largest absolute Gasteiger partial charge is 0.477 e. The van der Waals surface area contributed by atoms with Crippen LogP contribution in [0.2, 0.25) is 0 Å². The number of aromatic carboxylic acids is 1. The van der Waals surface area contributed by atoms with E-state index in [2.05, 4.69) is 4.98 Å². The van der Waals surface area contributed by atoms with Crippen molar-refractivity contribution in [2.24, 2.45) is 5.41 Å². The Kier molecular flexibility index (Phi) is 3.09. The fourth-order valence-corrected chi connectivity index (χ4v) is 2.10. The van der Waals surface area contributed by atoms with Gasteiger partial charge < -0.3 is 5.11 Å². The lowest BCUT2D eigenvalue weighted by Gasteiger charge is -2.34. The first kappa shape index (κ1) is 13.2. The van der Waals surface area contributed by atoms with E-state index < -0.39 is 5.97 Å². The summed E-state index contributed by atoms with van der Waals surface area (Å²) < 4.78 is 0. The summed E-state index contributed by atoms with van der Waals surface area (Å²) in [5.41, 5.74) is -0.558. The van der Waals surface area contributed by atoms with Gasteiger partial charge in [0.2, 0.25) is 11.8 Å². The first-order chi connectivity index (χ1) is 8.80. The van der Waals surface area contributed by atoms with Crippen LogP contribution in [0, 0.1) is 5.41 Å². The van der Waals surface area contributed by atoms with Crippen LogP contribution in [0.3, 0.4) is 0 Å². The Bertz CT molecular complexity index is 546. The number of piperidine rings is 1. The SMILES string of the molecule is CC1(C)CC(=O)N(c2cccc(C(=O)O)n2)C(=O)C1. The Morgan fingerprint density at radius 3 is 2.37 bits per heavy atom. The molecule has 2 heterocycles. The molecule has 0 atom stereocenters. The minimum atomic E-state index is -1.20. The van der Waals surface area contributed by atoms with Crippen molar-refractivity contribution in [3.63, 3.8) is 0 Å². The number of aromatic nitrogens is 1. The van der Waals surface area contributed by atoms with Crippen molar-refractivity contribution in [3.05, 3.63) is 23.9 Å². The molecular formula is C13H14N2O4. The van der Waals surface area contributed by atoms with Crippen molar-refractivity contribution in [2.75, 3.05) is 4.90 Å². The highest BCUT2D eigenvalue weighted by Gasteiger charge is 2.38. The van der Waals surface area contributed by atoms with Gasteiger partial charge in [-0.1, -0.05) is 19.9 Å². The number of amides is 2. The number of carboxylic acid groups (broad SMARTS) is 1. The van der Waals surface area contributed by atoms with Crippen LogP contribution in [0.25, 0.3) is 0 Å². The summed E-state index contributed by atoms with van der Waals surface area (Å²) in [4.78, 5) is 39.7. The Morgan fingerprint density at radius 2 is 1.84 bits per heavy atom. The van der Waals surface area contributed by atoms with Crippen LogP contribution in [0.4, 0.5) is 5.82 Å². The number of pyridine rings is 1. The molecule has 2 amide bonds. The maximum Gasteiger partial charge on any atom is 0.354 e. The Hall–Kier alpha value is -2.24. The van der Waals surface area contributed by atoms with Gasteiger partial charge in [-0.3, -0.25) is 9.59 Å². The topological polar surface area (TPSA) is 87.6 Å². The average molecular weight is 262 g/mol. The van der Waals surface area contributed by atoms with Crippen LogP contribution in [0.15, 0.2) is 18.2 Å². The lowest BCUT2D eigenvalue weighted by Crippen LogP contribution is -2.46. The first-order valence-electron chi connectivity index (χ1n) is 5.86. The minimum absolute atomic E-state index is 0.0744. The molecule has 1 fully saturated rings. The van der Waals surface area contributed by atoms with Crippen molar-refractivity contribution in [3.8, 4) is 0 Å². The number of anilines is 1. The third-order valence-electron chi connectivity index (χ3n) is 2.94. The van der Waals surface area contributed by atoms with E-state index in [1.54, 1.807) is 0 Å². The number of carbonyl (C=O) groups excluding carboxylic acids is 2. The molecule has 19 heavy (non-hydrogen) atoms. The summed E-state index contributed by atoms with van der Waals surface area (Å²) in [5.74, 6) is -1.82. The zero-order valence-electron chi connectivity index (χ0n) is 10.7. The lowest BCUT2D eigenvalue weighted by molar-refractivity contribution is -0.132. The number of hydrogen-bond acceptors (Lipinski definition) is 4. The average Bonchev–Trinajstić information content (AvgIpc) is 2.26. The molecule has 0 spiro atoms. The van der Waals surface area contributed by atoms with E-state index in [4.69, 9.17) is 5.11 Å². The van der Waals surface area contributed by atoms with E-state index in [9.17, 15) is 14.4 Å². The molecule has 6 heteroatoms. The zero-order valence-corrected chi connectivity index (χ0v) is 10.7. The number of carboxylic acids is 1. The van der Waals surface area contributed by atoms with E-state index in [0.717, 1.165) is 4.90 Å². The summed E-state index contributed by atoms with van der Waals surface area (Å²) >= 11 is 0. The maximum atomic E-state index is 12.0. The summed E-state index contributed by atoms with van der Waals surface area (Å²) in [5, 5.41) is 8.87. The van der Waals surface area contributed by atoms with Crippen molar-refractivity contribution < 1.29 is 19.5 Å². The van der Waals surface area contributed by atoms with Crippen LogP contribution < -0.4 is 4.90 Å². The fraction of sp³-hybridized carbons (Fsp3) is 0.385. The van der Waals surface area contributed by atoms with Gasteiger partial charge in [-0.2, -0.15) is 0 Å². The molecule has 0 unspecified atom stereocenters. The van der Waals surface area contributed by atoms with Gasteiger partial charge in [-0.25, -0.2) is 14.7 Å². The van der Waals surface area contributed by atoms with Crippen LogP contribution in [-0.2, 0) is 9.59 Å². The van der Waals surface area contributed by atoms with Crippen LogP contribution in [-0.4, -0.2) is 27.9 Å². The van der Waals surface area contributed by atoms with Crippen LogP contribution >= 0.6 is 0 Å². The van der Waals surface area contributed by atoms with E-state index in [1.807, 2.05) is 13.8 Å². The fourth-order valence-electron chi connectivity index (χ4n) is 2.10. The maximum absolute atomic E-state index is 12.0. The first-order valence-corrected chi connectivity index (χ1v) is 5.86. The second kappa shape index (κ2) is 4.46. The zero-order chi connectivity index (χ0) is 14.2. The predicted molar refractivity (Wildman–Crippen MR) is 66.7 cm³/mol. The third-order valence-corrected chi connectivity index (χ3v) is 2.94. The summed E-state index contributed by atoms with van der Waals surface area (Å²) in [6.07, 6.45) is 0.468. The van der Waals surface area contributed by atoms with Crippen molar-refractivity contribution >= 4 is 23.6 Å². The predicted octanol–water partition coefficient (Wildman–Crippen LogP) is 1.46. The number of carbonyl (C=O) groups is 3. The van der Waals surface area contributed by atoms with E-state index in [1.165, 1.54) is 18.2 Å². The van der Waals surface area contributed by atoms with Crippen LogP contribution in [0.5, 0.6) is 0 Å². The number of hydrogen-bond donors (Lipinski definition) is 1. The molecule has 2 rings (SSSR count). The van der Waals surface area contributed by atoms with E-state index >= 15 is 0 Å². The van der Waals surface area contributed by atoms with Crippen molar-refractivity contribution in [1.29, 1.82) is 0 Å². The number of nitrogens with zero attached hydrogens (tertiary/aromatic N) is 2. The van der Waals surface area contributed by atoms with Crippen molar-refractivity contribution in [1.82, 2.24) is 4.98 Å². The van der Waals surface area contributed by atoms with Crippen molar-refractivity contribution in [2.45, 2.75) is 26.7 Å². The molecule has 1 N–H and O–H groups in total. The molecule has 0 aliphatic carbocycles. The van der Waals surface area contributed by atoms with Gasteiger partial charge in [0, 0.05) is 12.8 Å². The Morgan fingerprint density at radius 1 is 1.26 bits per heavy atom. The highest BCUT2D eigenvalue weighted by molar-refractivity contribution is 6.16. The Labute approximate surface area is 110 Å². The number of imide groups is 1. The monoisotopic (exact) mass is 262 g/mol. The third kappa shape index (κ3) is 2.62. The summed E-state index contributed by atoms with van der Waals surface area (Å²) in [6.45, 7) is 3.70. The molecule has 0 aromatic carbocycles. The molecule has 100 valence electrons. The second-order valence-corrected chi connectivity index (χ2v) is 5.33. The van der Waals surface area contributed by atoms with Gasteiger partial charge in [-0.05, 0) is 17.5 Å². The van der Waals surface area contributed by atoms with Gasteiger partial charge in [0.05, 0.1) is 0 Å². The highest BCUT2D eigenvalue weighted by atomic mass is 16.4. The number of rotatable bonds is 2. The highest BCUT2D eigenvalue weighted by Crippen LogP contribution is 2.33. The molecule has 0 saturated carbocycles. The molecule has 0 bridgehead atoms. The molecule has 6 nitrogen and oxygen atoms in total. The lowest BCUT2D eigenvalue weighted by atomic mass is 9.82. The smallest absolute Gasteiger partial charge is 0.354 e. The summed E-state index contributed by atoms with van der Waals surface area (Å²) in [6, 6.07) is 4.24. The van der Waals surface area contributed by atoms with Gasteiger partial charge in [0.25, 0.3) is 0 Å². The molecule has 0 radical (unpaired) electrons. The van der Waals surface area contributed by atoms with Gasteiger partial charge in [-0.15, -0.1) is 0 Å². The molecule has 1 aliphatic rings. The second-order valence-electron chi connectivity index (χ2n) is 5.33. The summed E-state index contributed by atoms with van der Waals surface area (Å²) in [7, 11) is 0. The van der Waals surface area contributed by atoms with E-state index in [-0.39, 0.29) is 41.6 Å². The normalized spacial score (nSPS) is 18.5. The molecular weight excluding hydrogens is 248 g/mol. The molecule has 1 aromatic rings. The molecule has 1 aromatic heterocycles. The van der Waals surface area contributed by atoms with E-state index in [0.29, 0.717) is 0 Å². The van der Waals surface area contributed by atoms with Crippen LogP contribution in [0.1, 0.15) is 37.2 Å².